The number of hydrogen-bond donors (Lipinski definition) is 4. The van der Waals surface area contributed by atoms with Gasteiger partial charge < -0.3 is 30.4 Å². The van der Waals surface area contributed by atoms with Crippen molar-refractivity contribution >= 4 is 34.2 Å². The number of amides is 1. The van der Waals surface area contributed by atoms with Crippen LogP contribution in [0, 0.1) is 11.8 Å². The number of aliphatic carboxylic acids is 1. The predicted octanol–water partition coefficient (Wildman–Crippen LogP) is 5.95. The monoisotopic (exact) mass is 641 g/mol. The molecule has 3 aromatic rings. The summed E-state index contributed by atoms with van der Waals surface area (Å²) in [5.41, 5.74) is 2.39. The Morgan fingerprint density at radius 1 is 1.11 bits per heavy atom. The lowest BCUT2D eigenvalue weighted by Crippen LogP contribution is -2.48. The van der Waals surface area contributed by atoms with Crippen LogP contribution in [0.1, 0.15) is 61.5 Å². The van der Waals surface area contributed by atoms with Gasteiger partial charge in [-0.2, -0.15) is 13.2 Å². The van der Waals surface area contributed by atoms with Gasteiger partial charge in [0.25, 0.3) is 5.91 Å². The molecule has 46 heavy (non-hydrogen) atoms. The molecule has 2 heterocycles. The third kappa shape index (κ3) is 8.88. The van der Waals surface area contributed by atoms with E-state index in [-0.39, 0.29) is 24.2 Å². The van der Waals surface area contributed by atoms with Gasteiger partial charge in [0.2, 0.25) is 0 Å². The maximum Gasteiger partial charge on any atom is 0.406 e. The highest BCUT2D eigenvalue weighted by Crippen LogP contribution is 2.32. The van der Waals surface area contributed by atoms with Gasteiger partial charge in [-0.25, -0.2) is 0 Å². The fourth-order valence-electron chi connectivity index (χ4n) is 5.89. The van der Waals surface area contributed by atoms with Gasteiger partial charge in [0.1, 0.15) is 18.3 Å². The Morgan fingerprint density at radius 3 is 2.52 bits per heavy atom. The number of carboxylic acids is 1. The van der Waals surface area contributed by atoms with Gasteiger partial charge in [-0.3, -0.25) is 14.5 Å². The van der Waals surface area contributed by atoms with Crippen molar-refractivity contribution in [3.05, 3.63) is 53.7 Å². The van der Waals surface area contributed by atoms with E-state index in [0.29, 0.717) is 47.4 Å². The number of carbonyl (C=O) groups is 2. The van der Waals surface area contributed by atoms with E-state index in [1.807, 2.05) is 11.0 Å². The largest absolute Gasteiger partial charge is 0.495 e. The molecule has 1 amide bonds. The summed E-state index contributed by atoms with van der Waals surface area (Å²) in [6.45, 7) is 2.30. The normalized spacial score (nSPS) is 14.7. The van der Waals surface area contributed by atoms with Gasteiger partial charge in [0, 0.05) is 42.8 Å². The number of unbranched alkanes of at least 4 members (excludes halogenated alkanes) is 2. The Bertz CT molecular complexity index is 1570. The quantitative estimate of drug-likeness (QED) is 0.135. The summed E-state index contributed by atoms with van der Waals surface area (Å²) in [4.78, 5) is 25.9. The van der Waals surface area contributed by atoms with Gasteiger partial charge >= 0.3 is 12.1 Å². The number of benzene rings is 2. The van der Waals surface area contributed by atoms with Gasteiger partial charge in [-0.05, 0) is 61.6 Å². The van der Waals surface area contributed by atoms with Crippen molar-refractivity contribution < 1.29 is 32.6 Å². The molecule has 1 unspecified atom stereocenters. The van der Waals surface area contributed by atoms with Crippen LogP contribution < -0.4 is 20.7 Å². The molecule has 0 spiro atoms. The number of nitrogens with one attached hydrogen (secondary N) is 3. The lowest BCUT2D eigenvalue weighted by atomic mass is 9.99. The van der Waals surface area contributed by atoms with Gasteiger partial charge in [0.15, 0.2) is 0 Å². The van der Waals surface area contributed by atoms with E-state index in [0.717, 1.165) is 37.8 Å². The summed E-state index contributed by atoms with van der Waals surface area (Å²) in [5.74, 6) is 5.22. The summed E-state index contributed by atoms with van der Waals surface area (Å²) in [6.07, 6.45) is 0.546. The van der Waals surface area contributed by atoms with Gasteiger partial charge in [0.05, 0.1) is 30.6 Å². The van der Waals surface area contributed by atoms with Crippen LogP contribution in [0.15, 0.2) is 42.5 Å². The van der Waals surface area contributed by atoms with E-state index in [1.54, 1.807) is 36.4 Å². The maximum atomic E-state index is 13.7. The number of alkyl halides is 3. The number of fused-ring (bicyclic) bond motifs is 1. The Labute approximate surface area is 267 Å². The van der Waals surface area contributed by atoms with Crippen molar-refractivity contribution in [1.82, 2.24) is 14.8 Å². The number of halogens is 3. The topological polar surface area (TPSA) is 108 Å². The Hall–Kier alpha value is -4.37. The van der Waals surface area contributed by atoms with Gasteiger partial charge in [-0.15, -0.1) is 0 Å². The Morgan fingerprint density at radius 2 is 1.87 bits per heavy atom. The minimum atomic E-state index is -4.45. The molecule has 4 rings (SSSR count). The zero-order chi connectivity index (χ0) is 33.3. The second-order valence-corrected chi connectivity index (χ2v) is 11.4. The Balaban J connectivity index is 1.50. The molecular formula is C34H42F3N5O4. The van der Waals surface area contributed by atoms with Crippen molar-refractivity contribution in [3.63, 3.8) is 0 Å². The number of methoxy groups -OCH3 is 1. The van der Waals surface area contributed by atoms with Crippen molar-refractivity contribution in [1.29, 1.82) is 0 Å². The molecule has 12 heteroatoms. The molecule has 1 fully saturated rings. The summed E-state index contributed by atoms with van der Waals surface area (Å²) < 4.78 is 47.6. The number of anilines is 2. The minimum absolute atomic E-state index is 0.0569. The van der Waals surface area contributed by atoms with E-state index in [2.05, 4.69) is 34.7 Å². The third-order valence-corrected chi connectivity index (χ3v) is 8.25. The first-order chi connectivity index (χ1) is 22.0. The molecule has 1 aliphatic heterocycles. The van der Waals surface area contributed by atoms with Gasteiger partial charge in [-0.1, -0.05) is 38.2 Å². The zero-order valence-electron chi connectivity index (χ0n) is 26.5. The van der Waals surface area contributed by atoms with E-state index in [9.17, 15) is 27.9 Å². The molecule has 0 radical (unpaired) electrons. The van der Waals surface area contributed by atoms with Crippen LogP contribution in [-0.2, 0) is 11.3 Å². The highest BCUT2D eigenvalue weighted by atomic mass is 19.4. The summed E-state index contributed by atoms with van der Waals surface area (Å²) in [6, 6.07) is 11.4. The second-order valence-electron chi connectivity index (χ2n) is 11.4. The Kier molecular flexibility index (Phi) is 11.8. The van der Waals surface area contributed by atoms with Crippen LogP contribution in [0.25, 0.3) is 10.9 Å². The number of rotatable bonds is 13. The minimum Gasteiger partial charge on any atom is -0.495 e. The molecule has 1 atom stereocenters. The molecule has 4 N–H and O–H groups in total. The molecule has 0 bridgehead atoms. The number of piperidine rings is 1. The molecule has 248 valence electrons. The van der Waals surface area contributed by atoms with Crippen molar-refractivity contribution in [2.75, 3.05) is 44.4 Å². The number of hydrogen-bond acceptors (Lipinski definition) is 6. The van der Waals surface area contributed by atoms with Crippen LogP contribution in [0.3, 0.4) is 0 Å². The number of likely N-dealkylation sites (tertiary alicyclic amines) is 1. The number of aromatic nitrogens is 1. The molecule has 1 saturated heterocycles. The first kappa shape index (κ1) is 34.5. The van der Waals surface area contributed by atoms with Crippen molar-refractivity contribution in [2.45, 2.75) is 70.3 Å². The lowest BCUT2D eigenvalue weighted by molar-refractivity contribution is -0.144. The first-order valence-electron chi connectivity index (χ1n) is 15.6. The number of carboxylic acid groups (broad SMARTS) is 1. The van der Waals surface area contributed by atoms with Crippen LogP contribution in [-0.4, -0.2) is 78.5 Å². The third-order valence-electron chi connectivity index (χ3n) is 8.25. The maximum absolute atomic E-state index is 13.7. The molecule has 2 aromatic carbocycles. The summed E-state index contributed by atoms with van der Waals surface area (Å²) >= 11 is 0. The molecule has 9 nitrogen and oxygen atoms in total. The van der Waals surface area contributed by atoms with Crippen molar-refractivity contribution in [2.24, 2.45) is 0 Å². The summed E-state index contributed by atoms with van der Waals surface area (Å²) in [5, 5.41) is 19.6. The predicted molar refractivity (Wildman–Crippen MR) is 174 cm³/mol. The average molecular weight is 642 g/mol. The SMILES string of the molecule is CCCCCC(C(=O)O)N1CCC(Nc2cccc3c2cc(C#CCNc2ccc(C(=O)NC)cc2OC)n3CC(F)(F)F)CC1. The van der Waals surface area contributed by atoms with Crippen LogP contribution in [0.2, 0.25) is 0 Å². The smallest absolute Gasteiger partial charge is 0.406 e. The number of ether oxygens (including phenoxy) is 1. The highest BCUT2D eigenvalue weighted by molar-refractivity contribution is 5.95. The average Bonchev–Trinajstić information content (AvgIpc) is 3.37. The van der Waals surface area contributed by atoms with E-state index >= 15 is 0 Å². The molecule has 1 aliphatic rings. The zero-order valence-corrected chi connectivity index (χ0v) is 26.5. The molecular weight excluding hydrogens is 599 g/mol. The van der Waals surface area contributed by atoms with E-state index in [1.165, 1.54) is 18.7 Å². The fraction of sp³-hybridized carbons (Fsp3) is 0.471. The van der Waals surface area contributed by atoms with Crippen LogP contribution in [0.4, 0.5) is 24.5 Å². The van der Waals surface area contributed by atoms with Crippen LogP contribution in [0.5, 0.6) is 5.75 Å². The molecule has 0 saturated carbocycles. The first-order valence-corrected chi connectivity index (χ1v) is 15.6. The lowest BCUT2D eigenvalue weighted by Gasteiger charge is -2.36. The summed E-state index contributed by atoms with van der Waals surface area (Å²) in [7, 11) is 3.01. The molecule has 1 aromatic heterocycles. The second kappa shape index (κ2) is 15.8. The van der Waals surface area contributed by atoms with E-state index < -0.39 is 24.7 Å². The highest BCUT2D eigenvalue weighted by Gasteiger charge is 2.31. The van der Waals surface area contributed by atoms with Crippen LogP contribution >= 0.6 is 0 Å². The number of nitrogens with zero attached hydrogens (tertiary/aromatic N) is 2. The standard InChI is InChI=1S/C34H42F3N5O4/c1-4-5-6-11-30(33(44)45)41-18-15-24(16-19-41)40-27-10-7-12-29-26(27)21-25(42(29)22-34(35,36)37)9-8-17-39-28-14-13-23(32(43)38-2)20-31(28)46-3/h7,10,12-14,20-21,24,30,39-40H,4-6,11,15-19,22H2,1-3H3,(H,38,43)(H,44,45). The fourth-order valence-corrected chi connectivity index (χ4v) is 5.89. The molecule has 0 aliphatic carbocycles. The van der Waals surface area contributed by atoms with Crippen molar-refractivity contribution in [3.8, 4) is 17.6 Å². The van der Waals surface area contributed by atoms with E-state index in [4.69, 9.17) is 4.74 Å². The number of carbonyl (C=O) groups excluding carboxylic acids is 1.